The number of anilines is 1. The van der Waals surface area contributed by atoms with Gasteiger partial charge in [0.05, 0.1) is 12.6 Å². The smallest absolute Gasteiger partial charge is 0.126 e. The summed E-state index contributed by atoms with van der Waals surface area (Å²) in [4.78, 5) is 0. The molecule has 0 aliphatic carbocycles. The molecule has 2 N–H and O–H groups in total. The first-order valence-electron chi connectivity index (χ1n) is 11.4. The molecule has 1 heterocycles. The summed E-state index contributed by atoms with van der Waals surface area (Å²) in [6.45, 7) is 9.12. The van der Waals surface area contributed by atoms with E-state index in [1.807, 2.05) is 30.3 Å². The summed E-state index contributed by atoms with van der Waals surface area (Å²) in [6, 6.07) is 18.5. The molecule has 4 nitrogen and oxygen atoms in total. The van der Waals surface area contributed by atoms with Gasteiger partial charge in [-0.05, 0) is 75.1 Å². The van der Waals surface area contributed by atoms with Gasteiger partial charge in [0.1, 0.15) is 18.1 Å². The molecule has 33 heavy (non-hydrogen) atoms. The van der Waals surface area contributed by atoms with Crippen molar-refractivity contribution in [2.24, 2.45) is 0 Å². The maximum absolute atomic E-state index is 9.46. The number of aliphatic hydroxyl groups excluding tert-OH is 1. The fourth-order valence-electron chi connectivity index (χ4n) is 4.76. The van der Waals surface area contributed by atoms with E-state index in [1.165, 1.54) is 16.7 Å². The summed E-state index contributed by atoms with van der Waals surface area (Å²) in [5, 5.41) is 13.1. The van der Waals surface area contributed by atoms with Gasteiger partial charge < -0.3 is 19.9 Å². The highest BCUT2D eigenvalue weighted by molar-refractivity contribution is 5.88. The summed E-state index contributed by atoms with van der Waals surface area (Å²) >= 11 is 0. The van der Waals surface area contributed by atoms with Crippen LogP contribution < -0.4 is 14.8 Å². The molecule has 3 aromatic rings. The van der Waals surface area contributed by atoms with Crippen molar-refractivity contribution in [3.8, 4) is 22.6 Å². The lowest BCUT2D eigenvalue weighted by Gasteiger charge is -2.33. The first kappa shape index (κ1) is 22.9. The average molecular weight is 444 g/mol. The molecule has 1 aliphatic rings. The molecule has 4 rings (SSSR count). The van der Waals surface area contributed by atoms with Crippen molar-refractivity contribution in [3.05, 3.63) is 82.9 Å². The second kappa shape index (κ2) is 9.32. The topological polar surface area (TPSA) is 50.7 Å². The highest BCUT2D eigenvalue weighted by Crippen LogP contribution is 2.43. The zero-order chi connectivity index (χ0) is 23.6. The van der Waals surface area contributed by atoms with Crippen molar-refractivity contribution in [3.63, 3.8) is 0 Å². The van der Waals surface area contributed by atoms with Gasteiger partial charge in [-0.3, -0.25) is 0 Å². The Hall–Kier alpha value is -3.24. The Morgan fingerprint density at radius 2 is 1.73 bits per heavy atom. The summed E-state index contributed by atoms with van der Waals surface area (Å²) in [6.07, 6.45) is 2.84. The predicted molar refractivity (Wildman–Crippen MR) is 136 cm³/mol. The van der Waals surface area contributed by atoms with Crippen LogP contribution in [0.3, 0.4) is 0 Å². The molecule has 0 bridgehead atoms. The van der Waals surface area contributed by atoms with Crippen molar-refractivity contribution < 1.29 is 14.6 Å². The number of methoxy groups -OCH3 is 1. The predicted octanol–water partition coefficient (Wildman–Crippen LogP) is 6.39. The number of benzene rings is 3. The molecular formula is C29H33NO3. The van der Waals surface area contributed by atoms with Gasteiger partial charge in [-0.15, -0.1) is 0 Å². The van der Waals surface area contributed by atoms with E-state index in [2.05, 4.69) is 63.4 Å². The Kier molecular flexibility index (Phi) is 6.48. The van der Waals surface area contributed by atoms with Gasteiger partial charge >= 0.3 is 0 Å². The molecule has 0 aromatic heterocycles. The Balaban J connectivity index is 1.86. The van der Waals surface area contributed by atoms with Gasteiger partial charge in [-0.25, -0.2) is 0 Å². The highest BCUT2D eigenvalue weighted by Gasteiger charge is 2.27. The standard InChI is InChI=1S/C29H33NO3/c1-19-10-13-27(32-5)23(16-19)22-11-12-25-28(20(2)17-29(3,4)30-25)24(22)18-33-26-9-7-6-8-21(26)14-15-31/h6-13,16-17,30-31H,14-15,18H2,1-5H3. The fraction of sp³-hybridized carbons (Fsp3) is 0.310. The monoisotopic (exact) mass is 443 g/mol. The van der Waals surface area contributed by atoms with E-state index in [1.54, 1.807) is 7.11 Å². The fourth-order valence-corrected chi connectivity index (χ4v) is 4.76. The van der Waals surface area contributed by atoms with Crippen LogP contribution in [-0.2, 0) is 13.0 Å². The Morgan fingerprint density at radius 1 is 0.939 bits per heavy atom. The molecule has 0 radical (unpaired) electrons. The van der Waals surface area contributed by atoms with Gasteiger partial charge in [0.15, 0.2) is 0 Å². The van der Waals surface area contributed by atoms with Crippen molar-refractivity contribution in [1.82, 2.24) is 0 Å². The summed E-state index contributed by atoms with van der Waals surface area (Å²) < 4.78 is 12.1. The van der Waals surface area contributed by atoms with E-state index in [0.717, 1.165) is 39.4 Å². The number of allylic oxidation sites excluding steroid dienone is 1. The van der Waals surface area contributed by atoms with E-state index < -0.39 is 0 Å². The summed E-state index contributed by atoms with van der Waals surface area (Å²) in [5.41, 5.74) is 8.85. The van der Waals surface area contributed by atoms with Crippen LogP contribution in [0.4, 0.5) is 5.69 Å². The van der Waals surface area contributed by atoms with Crippen molar-refractivity contribution in [2.75, 3.05) is 19.0 Å². The number of nitrogens with one attached hydrogen (secondary N) is 1. The van der Waals surface area contributed by atoms with E-state index in [-0.39, 0.29) is 12.1 Å². The number of fused-ring (bicyclic) bond motifs is 1. The zero-order valence-corrected chi connectivity index (χ0v) is 20.2. The first-order chi connectivity index (χ1) is 15.8. The maximum Gasteiger partial charge on any atom is 0.126 e. The molecule has 3 aromatic carbocycles. The highest BCUT2D eigenvalue weighted by atomic mass is 16.5. The van der Waals surface area contributed by atoms with E-state index in [4.69, 9.17) is 9.47 Å². The van der Waals surface area contributed by atoms with Crippen molar-refractivity contribution >= 4 is 11.3 Å². The van der Waals surface area contributed by atoms with Crippen LogP contribution in [0.25, 0.3) is 16.7 Å². The SMILES string of the molecule is COc1ccc(C)cc1-c1ccc2c(c1COc1ccccc1CCO)C(C)=CC(C)(C)N2. The number of aryl methyl sites for hydroxylation is 1. The molecule has 0 atom stereocenters. The van der Waals surface area contributed by atoms with Crippen LogP contribution in [0.1, 0.15) is 43.0 Å². The van der Waals surface area contributed by atoms with E-state index in [0.29, 0.717) is 13.0 Å². The van der Waals surface area contributed by atoms with Gasteiger partial charge in [-0.1, -0.05) is 42.0 Å². The number of rotatable bonds is 7. The molecule has 0 unspecified atom stereocenters. The van der Waals surface area contributed by atoms with Gasteiger partial charge in [0.25, 0.3) is 0 Å². The third-order valence-electron chi connectivity index (χ3n) is 6.11. The molecule has 0 fully saturated rings. The average Bonchev–Trinajstić information content (AvgIpc) is 2.77. The number of ether oxygens (including phenoxy) is 2. The minimum Gasteiger partial charge on any atom is -0.496 e. The Morgan fingerprint density at radius 3 is 2.48 bits per heavy atom. The molecule has 0 spiro atoms. The van der Waals surface area contributed by atoms with Crippen molar-refractivity contribution in [1.29, 1.82) is 0 Å². The van der Waals surface area contributed by atoms with Crippen LogP contribution in [0.2, 0.25) is 0 Å². The normalized spacial score (nSPS) is 14.2. The Bertz CT molecular complexity index is 1190. The lowest BCUT2D eigenvalue weighted by molar-refractivity contribution is 0.284. The largest absolute Gasteiger partial charge is 0.496 e. The summed E-state index contributed by atoms with van der Waals surface area (Å²) in [7, 11) is 1.71. The van der Waals surface area contributed by atoms with Crippen LogP contribution in [-0.4, -0.2) is 24.4 Å². The van der Waals surface area contributed by atoms with Gasteiger partial charge in [0, 0.05) is 29.0 Å². The number of aliphatic hydroxyl groups is 1. The van der Waals surface area contributed by atoms with Gasteiger partial charge in [-0.2, -0.15) is 0 Å². The summed E-state index contributed by atoms with van der Waals surface area (Å²) in [5.74, 6) is 1.64. The minimum atomic E-state index is -0.120. The molecule has 0 saturated carbocycles. The third-order valence-corrected chi connectivity index (χ3v) is 6.11. The number of para-hydroxylation sites is 1. The van der Waals surface area contributed by atoms with Crippen LogP contribution >= 0.6 is 0 Å². The quantitative estimate of drug-likeness (QED) is 0.444. The first-order valence-corrected chi connectivity index (χ1v) is 11.4. The molecular weight excluding hydrogens is 410 g/mol. The van der Waals surface area contributed by atoms with Crippen LogP contribution in [0.5, 0.6) is 11.5 Å². The zero-order valence-electron chi connectivity index (χ0n) is 20.2. The van der Waals surface area contributed by atoms with E-state index >= 15 is 0 Å². The number of hydrogen-bond acceptors (Lipinski definition) is 4. The molecule has 0 saturated heterocycles. The van der Waals surface area contributed by atoms with E-state index in [9.17, 15) is 5.11 Å². The lowest BCUT2D eigenvalue weighted by atomic mass is 9.85. The lowest BCUT2D eigenvalue weighted by Crippen LogP contribution is -2.32. The molecule has 1 aliphatic heterocycles. The van der Waals surface area contributed by atoms with Crippen molar-refractivity contribution in [2.45, 2.75) is 46.3 Å². The molecule has 0 amide bonds. The second-order valence-corrected chi connectivity index (χ2v) is 9.26. The Labute approximate surface area is 196 Å². The van der Waals surface area contributed by atoms with Crippen LogP contribution in [0, 0.1) is 6.92 Å². The number of hydrogen-bond donors (Lipinski definition) is 2. The molecule has 4 heteroatoms. The molecule has 172 valence electrons. The third kappa shape index (κ3) is 4.76. The second-order valence-electron chi connectivity index (χ2n) is 9.26. The van der Waals surface area contributed by atoms with Gasteiger partial charge in [0.2, 0.25) is 0 Å². The maximum atomic E-state index is 9.46. The van der Waals surface area contributed by atoms with Crippen LogP contribution in [0.15, 0.2) is 60.7 Å². The minimum absolute atomic E-state index is 0.0910.